The monoisotopic (exact) mass is 816 g/mol. The number of ketones is 1. The standard InChI is InChI=1S/C49H73N3O7/c1-29(2)39-34(53)26-49(37(54)28-50-27-30-11-10-20-51-41(30)52-21-23-58-24-22-52)19-18-47(8)31(40(39)49)12-13-36-46(7)16-15-38(45(5,6)35(46)14-17-48(36,47)9)59-43(57)33-25-32(42(55)56)44(33,3)4/h10-11,20,29,31-33,35-38,50,54H,12-19,21-28H2,1-9H3,(H,55,56)/t31-,32+,33-,35+,36-,37+,38+,46+,47-,48-,49+/m1/s1. The number of nitrogens with zero attached hydrogens (tertiary/aromatic N) is 2. The molecule has 1 aliphatic heterocycles. The molecule has 10 nitrogen and oxygen atoms in total. The van der Waals surface area contributed by atoms with Gasteiger partial charge in [0.15, 0.2) is 5.78 Å². The summed E-state index contributed by atoms with van der Waals surface area (Å²) in [5.74, 6) is 0.495. The van der Waals surface area contributed by atoms with Crippen LogP contribution in [0.15, 0.2) is 29.5 Å². The van der Waals surface area contributed by atoms with Crippen LogP contribution < -0.4 is 10.2 Å². The number of morpholine rings is 1. The Morgan fingerprint density at radius 1 is 0.932 bits per heavy atom. The molecule has 11 atom stereocenters. The van der Waals surface area contributed by atoms with Crippen molar-refractivity contribution >= 4 is 23.5 Å². The molecule has 6 fully saturated rings. The number of hydrogen-bond acceptors (Lipinski definition) is 9. The minimum atomic E-state index is -0.829. The molecule has 1 saturated heterocycles. The minimum Gasteiger partial charge on any atom is -0.481 e. The van der Waals surface area contributed by atoms with E-state index >= 15 is 0 Å². The van der Waals surface area contributed by atoms with Crippen LogP contribution in [0.2, 0.25) is 0 Å². The number of aliphatic hydroxyl groups is 1. The molecule has 0 bridgehead atoms. The zero-order valence-electron chi connectivity index (χ0n) is 37.5. The smallest absolute Gasteiger partial charge is 0.309 e. The van der Waals surface area contributed by atoms with Crippen LogP contribution in [0.4, 0.5) is 5.82 Å². The number of Topliss-reactive ketones (excluding diaryl/α,β-unsaturated/α-hetero) is 1. The van der Waals surface area contributed by atoms with E-state index in [2.05, 4.69) is 64.7 Å². The summed E-state index contributed by atoms with van der Waals surface area (Å²) in [5, 5.41) is 25.7. The topological polar surface area (TPSA) is 138 Å². The highest BCUT2D eigenvalue weighted by Crippen LogP contribution is 2.77. The number of carboxylic acids is 1. The Morgan fingerprint density at radius 2 is 1.66 bits per heavy atom. The van der Waals surface area contributed by atoms with Gasteiger partial charge < -0.3 is 29.9 Å². The molecule has 1 aromatic rings. The van der Waals surface area contributed by atoms with Crippen LogP contribution in [0, 0.1) is 68.0 Å². The molecule has 0 aromatic carbocycles. The molecule has 7 aliphatic rings. The second-order valence-electron chi connectivity index (χ2n) is 22.4. The summed E-state index contributed by atoms with van der Waals surface area (Å²) in [6, 6.07) is 4.09. The molecular weight excluding hydrogens is 743 g/mol. The van der Waals surface area contributed by atoms with Crippen molar-refractivity contribution < 1.29 is 34.1 Å². The number of anilines is 1. The number of carbonyl (C=O) groups is 3. The summed E-state index contributed by atoms with van der Waals surface area (Å²) in [4.78, 5) is 46.7. The third-order valence-electron chi connectivity index (χ3n) is 19.0. The van der Waals surface area contributed by atoms with Gasteiger partial charge in [0.25, 0.3) is 0 Å². The first kappa shape index (κ1) is 42.9. The summed E-state index contributed by atoms with van der Waals surface area (Å²) >= 11 is 0. The molecule has 2 heterocycles. The van der Waals surface area contributed by atoms with E-state index in [0.29, 0.717) is 51.0 Å². The Labute approximate surface area is 353 Å². The van der Waals surface area contributed by atoms with Crippen molar-refractivity contribution in [3.05, 3.63) is 35.0 Å². The molecule has 1 aromatic heterocycles. The number of fused-ring (bicyclic) bond motifs is 7. The summed E-state index contributed by atoms with van der Waals surface area (Å²) in [6.07, 6.45) is 9.65. The number of carbonyl (C=O) groups excluding carboxylic acids is 2. The number of aliphatic carboxylic acids is 1. The SMILES string of the molecule is CC(C)C1=C2[C@H]3CC[C@@H]4[C@@]5(C)CC[C@H](OC(=O)[C@H]6C[C@@H](C(=O)O)C6(C)C)C(C)(C)[C@@H]5CC[C@@]4(C)[C@]3(C)CC[C@@]2([C@@H](O)CNCc2cccnc2N2CCOCC2)CC1=O. The van der Waals surface area contributed by atoms with Crippen molar-refractivity contribution in [2.45, 2.75) is 145 Å². The van der Waals surface area contributed by atoms with Gasteiger partial charge in [-0.25, -0.2) is 4.98 Å². The molecule has 3 N–H and O–H groups in total. The van der Waals surface area contributed by atoms with Crippen LogP contribution in [0.5, 0.6) is 0 Å². The van der Waals surface area contributed by atoms with Gasteiger partial charge in [-0.05, 0) is 115 Å². The van der Waals surface area contributed by atoms with Gasteiger partial charge >= 0.3 is 11.9 Å². The van der Waals surface area contributed by atoms with E-state index in [1.807, 2.05) is 26.1 Å². The lowest BCUT2D eigenvalue weighted by Crippen LogP contribution is -2.66. The Balaban J connectivity index is 1.01. The van der Waals surface area contributed by atoms with Crippen LogP contribution in [0.3, 0.4) is 0 Å². The van der Waals surface area contributed by atoms with Crippen LogP contribution in [-0.2, 0) is 30.4 Å². The van der Waals surface area contributed by atoms with Crippen LogP contribution in [0.25, 0.3) is 0 Å². The van der Waals surface area contributed by atoms with Gasteiger partial charge in [-0.2, -0.15) is 0 Å². The van der Waals surface area contributed by atoms with E-state index in [-0.39, 0.29) is 57.3 Å². The number of pyridine rings is 1. The highest BCUT2D eigenvalue weighted by Gasteiger charge is 2.71. The fourth-order valence-electron chi connectivity index (χ4n) is 15.4. The third kappa shape index (κ3) is 6.40. The number of hydrogen-bond donors (Lipinski definition) is 3. The number of ether oxygens (including phenoxy) is 2. The van der Waals surface area contributed by atoms with Crippen molar-refractivity contribution in [1.29, 1.82) is 0 Å². The Bertz CT molecular complexity index is 1870. The second-order valence-corrected chi connectivity index (χ2v) is 22.4. The van der Waals surface area contributed by atoms with Gasteiger partial charge in [-0.15, -0.1) is 0 Å². The maximum absolute atomic E-state index is 14.2. The van der Waals surface area contributed by atoms with Crippen molar-refractivity contribution in [3.63, 3.8) is 0 Å². The van der Waals surface area contributed by atoms with E-state index in [0.717, 1.165) is 81.4 Å². The number of carboxylic acid groups (broad SMARTS) is 1. The van der Waals surface area contributed by atoms with Crippen LogP contribution in [0.1, 0.15) is 132 Å². The van der Waals surface area contributed by atoms with Crippen LogP contribution in [-0.4, -0.2) is 78.0 Å². The highest BCUT2D eigenvalue weighted by molar-refractivity contribution is 6.00. The fourth-order valence-corrected chi connectivity index (χ4v) is 15.4. The first-order chi connectivity index (χ1) is 27.7. The van der Waals surface area contributed by atoms with E-state index in [1.54, 1.807) is 0 Å². The Morgan fingerprint density at radius 3 is 2.34 bits per heavy atom. The largest absolute Gasteiger partial charge is 0.481 e. The van der Waals surface area contributed by atoms with Gasteiger partial charge in [-0.1, -0.05) is 74.0 Å². The predicted octanol–water partition coefficient (Wildman–Crippen LogP) is 8.01. The van der Waals surface area contributed by atoms with Crippen molar-refractivity contribution in [3.8, 4) is 0 Å². The van der Waals surface area contributed by atoms with Gasteiger partial charge in [0.05, 0.1) is 31.2 Å². The summed E-state index contributed by atoms with van der Waals surface area (Å²) in [7, 11) is 0. The zero-order chi connectivity index (χ0) is 42.5. The number of rotatable bonds is 10. The van der Waals surface area contributed by atoms with Gasteiger partial charge in [0.1, 0.15) is 11.9 Å². The first-order valence-corrected chi connectivity index (χ1v) is 23.1. The second kappa shape index (κ2) is 14.9. The number of esters is 1. The van der Waals surface area contributed by atoms with Gasteiger partial charge in [-0.3, -0.25) is 14.4 Å². The van der Waals surface area contributed by atoms with Crippen molar-refractivity contribution in [2.24, 2.45) is 68.0 Å². The summed E-state index contributed by atoms with van der Waals surface area (Å²) in [5.41, 5.74) is 2.12. The van der Waals surface area contributed by atoms with E-state index in [9.17, 15) is 24.6 Å². The normalized spacial score (nSPS) is 40.3. The molecular formula is C49H73N3O7. The molecule has 0 amide bonds. The van der Waals surface area contributed by atoms with E-state index in [4.69, 9.17) is 14.5 Å². The summed E-state index contributed by atoms with van der Waals surface area (Å²) < 4.78 is 12.0. The highest BCUT2D eigenvalue weighted by atomic mass is 16.5. The Hall–Kier alpha value is -2.82. The number of aromatic nitrogens is 1. The van der Waals surface area contributed by atoms with Gasteiger partial charge in [0, 0.05) is 55.2 Å². The predicted molar refractivity (Wildman–Crippen MR) is 227 cm³/mol. The zero-order valence-corrected chi connectivity index (χ0v) is 37.5. The maximum atomic E-state index is 14.2. The number of nitrogens with one attached hydrogen (secondary N) is 1. The minimum absolute atomic E-state index is 0.0205. The molecule has 0 unspecified atom stereocenters. The molecule has 6 aliphatic carbocycles. The summed E-state index contributed by atoms with van der Waals surface area (Å²) in [6.45, 7) is 24.5. The lowest BCUT2D eigenvalue weighted by molar-refractivity contribution is -0.238. The van der Waals surface area contributed by atoms with Crippen molar-refractivity contribution in [1.82, 2.24) is 10.3 Å². The molecule has 326 valence electrons. The maximum Gasteiger partial charge on any atom is 0.309 e. The third-order valence-corrected chi connectivity index (χ3v) is 19.0. The van der Waals surface area contributed by atoms with E-state index < -0.39 is 28.8 Å². The average molecular weight is 816 g/mol. The fraction of sp³-hybridized carbons (Fsp3) is 0.796. The lowest BCUT2D eigenvalue weighted by Gasteiger charge is -2.72. The average Bonchev–Trinajstić information content (AvgIpc) is 3.49. The van der Waals surface area contributed by atoms with Crippen molar-refractivity contribution in [2.75, 3.05) is 37.7 Å². The molecule has 0 radical (unpaired) electrons. The number of aliphatic hydroxyl groups excluding tert-OH is 1. The van der Waals surface area contributed by atoms with E-state index in [1.165, 1.54) is 5.57 Å². The lowest BCUT2D eigenvalue weighted by atomic mass is 9.33. The molecule has 0 spiro atoms. The Kier molecular flexibility index (Phi) is 10.8. The van der Waals surface area contributed by atoms with Crippen LogP contribution >= 0.6 is 0 Å². The molecule has 10 heteroatoms. The number of allylic oxidation sites excluding steroid dienone is 1. The van der Waals surface area contributed by atoms with Gasteiger partial charge in [0.2, 0.25) is 0 Å². The molecule has 59 heavy (non-hydrogen) atoms. The first-order valence-electron chi connectivity index (χ1n) is 23.1. The molecule has 5 saturated carbocycles. The quantitative estimate of drug-likeness (QED) is 0.199. The molecule has 8 rings (SSSR count).